The molecule has 0 radical (unpaired) electrons. The lowest BCUT2D eigenvalue weighted by Crippen LogP contribution is -2.28. The van der Waals surface area contributed by atoms with Crippen LogP contribution in [0.15, 0.2) is 48.5 Å². The van der Waals surface area contributed by atoms with E-state index in [1.54, 1.807) is 23.1 Å². The number of amides is 2. The molecule has 23 heavy (non-hydrogen) atoms. The lowest BCUT2D eigenvalue weighted by Gasteiger charge is -2.19. The Morgan fingerprint density at radius 3 is 2.61 bits per heavy atom. The first-order valence-electron chi connectivity index (χ1n) is 7.51. The number of benzene rings is 2. The molecule has 0 saturated carbocycles. The molecule has 0 aliphatic carbocycles. The summed E-state index contributed by atoms with van der Waals surface area (Å²) in [5, 5.41) is 12.4. The number of rotatable bonds is 3. The van der Waals surface area contributed by atoms with E-state index in [0.717, 1.165) is 11.3 Å². The molecule has 1 aliphatic rings. The minimum absolute atomic E-state index is 0.0148. The summed E-state index contributed by atoms with van der Waals surface area (Å²) in [5.41, 5.74) is 2.21. The van der Waals surface area contributed by atoms with Crippen LogP contribution >= 0.6 is 0 Å². The highest BCUT2D eigenvalue weighted by Crippen LogP contribution is 2.29. The van der Waals surface area contributed by atoms with Gasteiger partial charge in [0.15, 0.2) is 0 Å². The topological polar surface area (TPSA) is 69.6 Å². The summed E-state index contributed by atoms with van der Waals surface area (Å²) in [7, 11) is 0. The predicted molar refractivity (Wildman–Crippen MR) is 88.4 cm³/mol. The third-order valence-electron chi connectivity index (χ3n) is 4.06. The molecule has 5 heteroatoms. The highest BCUT2D eigenvalue weighted by atomic mass is 16.3. The van der Waals surface area contributed by atoms with Crippen molar-refractivity contribution in [2.75, 3.05) is 16.8 Å². The highest BCUT2D eigenvalue weighted by Gasteiger charge is 2.35. The van der Waals surface area contributed by atoms with Gasteiger partial charge in [-0.15, -0.1) is 0 Å². The number of carbonyl (C=O) groups is 2. The van der Waals surface area contributed by atoms with Crippen molar-refractivity contribution in [3.05, 3.63) is 54.1 Å². The lowest BCUT2D eigenvalue weighted by atomic mass is 10.1. The maximum atomic E-state index is 12.4. The number of anilines is 2. The Hall–Kier alpha value is -2.82. The van der Waals surface area contributed by atoms with E-state index in [1.165, 1.54) is 6.07 Å². The second-order valence-electron chi connectivity index (χ2n) is 5.70. The van der Waals surface area contributed by atoms with Gasteiger partial charge < -0.3 is 15.3 Å². The summed E-state index contributed by atoms with van der Waals surface area (Å²) in [6.07, 6.45) is 0.174. The SMILES string of the molecule is Cc1ccccc1N1CC(C(=O)Nc2ccccc2O)CC1=O. The Balaban J connectivity index is 1.74. The van der Waals surface area contributed by atoms with Gasteiger partial charge in [0.2, 0.25) is 11.8 Å². The van der Waals surface area contributed by atoms with E-state index in [2.05, 4.69) is 5.32 Å². The standard InChI is InChI=1S/C18H18N2O3/c1-12-6-2-4-8-15(12)20-11-13(10-17(20)22)18(23)19-14-7-3-5-9-16(14)21/h2-9,13,21H,10-11H2,1H3,(H,19,23). The maximum absolute atomic E-state index is 12.4. The Morgan fingerprint density at radius 1 is 1.17 bits per heavy atom. The fourth-order valence-corrected chi connectivity index (χ4v) is 2.80. The van der Waals surface area contributed by atoms with Gasteiger partial charge in [0.1, 0.15) is 5.75 Å². The van der Waals surface area contributed by atoms with Crippen LogP contribution in [0.5, 0.6) is 5.75 Å². The summed E-state index contributed by atoms with van der Waals surface area (Å²) in [6, 6.07) is 14.2. The zero-order valence-corrected chi connectivity index (χ0v) is 12.8. The molecule has 1 heterocycles. The van der Waals surface area contributed by atoms with E-state index in [-0.39, 0.29) is 24.0 Å². The highest BCUT2D eigenvalue weighted by molar-refractivity contribution is 6.04. The molecular weight excluding hydrogens is 292 g/mol. The number of nitrogens with zero attached hydrogens (tertiary/aromatic N) is 1. The van der Waals surface area contributed by atoms with Crippen LogP contribution in [-0.4, -0.2) is 23.5 Å². The van der Waals surface area contributed by atoms with E-state index in [0.29, 0.717) is 12.2 Å². The van der Waals surface area contributed by atoms with Gasteiger partial charge in [-0.3, -0.25) is 9.59 Å². The van der Waals surface area contributed by atoms with Crippen LogP contribution in [0.25, 0.3) is 0 Å². The molecule has 2 aromatic carbocycles. The van der Waals surface area contributed by atoms with Gasteiger partial charge >= 0.3 is 0 Å². The number of hydrogen-bond acceptors (Lipinski definition) is 3. The first kappa shape index (κ1) is 15.1. The largest absolute Gasteiger partial charge is 0.506 e. The number of phenolic OH excluding ortho intramolecular Hbond substituents is 1. The Labute approximate surface area is 134 Å². The van der Waals surface area contributed by atoms with Crippen LogP contribution in [0.2, 0.25) is 0 Å². The smallest absolute Gasteiger partial charge is 0.229 e. The van der Waals surface area contributed by atoms with Crippen molar-refractivity contribution in [1.29, 1.82) is 0 Å². The van der Waals surface area contributed by atoms with Gasteiger partial charge in [0, 0.05) is 18.7 Å². The monoisotopic (exact) mass is 310 g/mol. The minimum Gasteiger partial charge on any atom is -0.506 e. The molecule has 0 aromatic heterocycles. The zero-order chi connectivity index (χ0) is 16.4. The number of aryl methyl sites for hydroxylation is 1. The number of phenols is 1. The van der Waals surface area contributed by atoms with Gasteiger partial charge in [-0.05, 0) is 30.7 Å². The number of nitrogens with one attached hydrogen (secondary N) is 1. The molecule has 1 fully saturated rings. The molecule has 1 unspecified atom stereocenters. The van der Waals surface area contributed by atoms with Crippen LogP contribution in [0, 0.1) is 12.8 Å². The number of hydrogen-bond donors (Lipinski definition) is 2. The van der Waals surface area contributed by atoms with Crippen LogP contribution in [-0.2, 0) is 9.59 Å². The summed E-state index contributed by atoms with van der Waals surface area (Å²) >= 11 is 0. The second-order valence-corrected chi connectivity index (χ2v) is 5.70. The zero-order valence-electron chi connectivity index (χ0n) is 12.8. The van der Waals surface area contributed by atoms with Crippen molar-refractivity contribution < 1.29 is 14.7 Å². The minimum atomic E-state index is -0.429. The van der Waals surface area contributed by atoms with Crippen molar-refractivity contribution >= 4 is 23.2 Å². The molecule has 2 aromatic rings. The fourth-order valence-electron chi connectivity index (χ4n) is 2.80. The van der Waals surface area contributed by atoms with Gasteiger partial charge in [-0.25, -0.2) is 0 Å². The molecule has 1 atom stereocenters. The van der Waals surface area contributed by atoms with E-state index in [9.17, 15) is 14.7 Å². The molecule has 3 rings (SSSR count). The van der Waals surface area contributed by atoms with E-state index in [4.69, 9.17) is 0 Å². The Bertz CT molecular complexity index is 757. The maximum Gasteiger partial charge on any atom is 0.229 e. The molecule has 1 saturated heterocycles. The van der Waals surface area contributed by atoms with Crippen molar-refractivity contribution in [2.24, 2.45) is 5.92 Å². The van der Waals surface area contributed by atoms with Crippen LogP contribution in [0.1, 0.15) is 12.0 Å². The van der Waals surface area contributed by atoms with Gasteiger partial charge in [0.05, 0.1) is 11.6 Å². The quantitative estimate of drug-likeness (QED) is 0.856. The first-order valence-corrected chi connectivity index (χ1v) is 7.51. The average molecular weight is 310 g/mol. The summed E-state index contributed by atoms with van der Waals surface area (Å²) in [6.45, 7) is 2.29. The molecule has 0 spiro atoms. The average Bonchev–Trinajstić information content (AvgIpc) is 2.92. The third kappa shape index (κ3) is 3.04. The number of carbonyl (C=O) groups excluding carboxylic acids is 2. The van der Waals surface area contributed by atoms with Crippen molar-refractivity contribution in [3.8, 4) is 5.75 Å². The van der Waals surface area contributed by atoms with Crippen molar-refractivity contribution in [3.63, 3.8) is 0 Å². The molecule has 0 bridgehead atoms. The van der Waals surface area contributed by atoms with E-state index in [1.807, 2.05) is 31.2 Å². The van der Waals surface area contributed by atoms with Crippen LogP contribution in [0.3, 0.4) is 0 Å². The second kappa shape index (κ2) is 6.12. The lowest BCUT2D eigenvalue weighted by molar-refractivity contribution is -0.122. The van der Waals surface area contributed by atoms with Gasteiger partial charge in [-0.2, -0.15) is 0 Å². The molecular formula is C18H18N2O3. The number of aromatic hydroxyl groups is 1. The molecule has 5 nitrogen and oxygen atoms in total. The summed E-state index contributed by atoms with van der Waals surface area (Å²) in [5.74, 6) is -0.727. The number of para-hydroxylation sites is 3. The van der Waals surface area contributed by atoms with E-state index < -0.39 is 5.92 Å². The van der Waals surface area contributed by atoms with Gasteiger partial charge in [0.25, 0.3) is 0 Å². The first-order chi connectivity index (χ1) is 11.1. The van der Waals surface area contributed by atoms with E-state index >= 15 is 0 Å². The normalized spacial score (nSPS) is 17.3. The molecule has 2 amide bonds. The Morgan fingerprint density at radius 2 is 1.87 bits per heavy atom. The Kier molecular flexibility index (Phi) is 4.02. The van der Waals surface area contributed by atoms with Crippen molar-refractivity contribution in [1.82, 2.24) is 0 Å². The molecule has 1 aliphatic heterocycles. The summed E-state index contributed by atoms with van der Waals surface area (Å²) in [4.78, 5) is 26.3. The van der Waals surface area contributed by atoms with Crippen LogP contribution < -0.4 is 10.2 Å². The molecule has 118 valence electrons. The van der Waals surface area contributed by atoms with Crippen molar-refractivity contribution in [2.45, 2.75) is 13.3 Å². The summed E-state index contributed by atoms with van der Waals surface area (Å²) < 4.78 is 0. The predicted octanol–water partition coefficient (Wildman–Crippen LogP) is 2.69. The fraction of sp³-hybridized carbons (Fsp3) is 0.222. The molecule has 2 N–H and O–H groups in total. The van der Waals surface area contributed by atoms with Crippen LogP contribution in [0.4, 0.5) is 11.4 Å². The van der Waals surface area contributed by atoms with Gasteiger partial charge in [-0.1, -0.05) is 30.3 Å². The third-order valence-corrected chi connectivity index (χ3v) is 4.06.